The van der Waals surface area contributed by atoms with Gasteiger partial charge in [0.2, 0.25) is 0 Å². The number of hydrogen-bond donors (Lipinski definition) is 0. The van der Waals surface area contributed by atoms with Crippen LogP contribution < -0.4 is 20.3 Å². The van der Waals surface area contributed by atoms with Crippen molar-refractivity contribution in [1.82, 2.24) is 0 Å². The molecule has 1 aliphatic heterocycles. The Kier molecular flexibility index (Phi) is 7.93. The number of rotatable bonds is 5. The van der Waals surface area contributed by atoms with Gasteiger partial charge in [-0.2, -0.15) is 0 Å². The fourth-order valence-corrected chi connectivity index (χ4v) is 10.5. The van der Waals surface area contributed by atoms with Gasteiger partial charge in [0.05, 0.1) is 7.11 Å². The second kappa shape index (κ2) is 13.4. The molecule has 0 amide bonds. The average Bonchev–Trinajstić information content (AvgIpc) is 3.29. The summed E-state index contributed by atoms with van der Waals surface area (Å²) in [5, 5.41) is 4.89. The SMILES string of the molecule is COc1cc2c(c3ccccc13)OC(c1ccc(-c3ccc4sc5ccccc5c(=O)c4c3)cc1)(c1ccc(-c3ccc4sc5ccccc5c(=O)c4c3)cc1)C=C2. The van der Waals surface area contributed by atoms with Crippen LogP contribution in [0.4, 0.5) is 0 Å². The molecule has 0 bridgehead atoms. The van der Waals surface area contributed by atoms with Crippen LogP contribution in [-0.2, 0) is 5.60 Å². The summed E-state index contributed by atoms with van der Waals surface area (Å²) in [5.41, 5.74) is 5.96. The molecule has 3 heterocycles. The molecule has 58 heavy (non-hydrogen) atoms. The smallest absolute Gasteiger partial charge is 0.195 e. The van der Waals surface area contributed by atoms with E-state index in [1.54, 1.807) is 29.8 Å². The summed E-state index contributed by atoms with van der Waals surface area (Å²) in [6.07, 6.45) is 4.26. The monoisotopic (exact) mass is 784 g/mol. The predicted molar refractivity (Wildman–Crippen MR) is 243 cm³/mol. The van der Waals surface area contributed by atoms with E-state index in [0.29, 0.717) is 0 Å². The highest BCUT2D eigenvalue weighted by molar-refractivity contribution is 7.25. The summed E-state index contributed by atoms with van der Waals surface area (Å²) in [6.45, 7) is 0. The Morgan fingerprint density at radius 3 is 1.43 bits per heavy atom. The molecule has 11 rings (SSSR count). The van der Waals surface area contributed by atoms with E-state index < -0.39 is 5.60 Å². The third-order valence-corrected chi connectivity index (χ3v) is 13.7. The van der Waals surface area contributed by atoms with E-state index in [2.05, 4.69) is 97.1 Å². The van der Waals surface area contributed by atoms with Crippen molar-refractivity contribution in [1.29, 1.82) is 0 Å². The number of hydrogen-bond acceptors (Lipinski definition) is 6. The highest BCUT2D eigenvalue weighted by atomic mass is 32.1. The second-order valence-corrected chi connectivity index (χ2v) is 16.8. The predicted octanol–water partition coefficient (Wildman–Crippen LogP) is 13.0. The fraction of sp³-hybridized carbons (Fsp3) is 0.0385. The number of benzene rings is 8. The van der Waals surface area contributed by atoms with Crippen molar-refractivity contribution in [3.63, 3.8) is 0 Å². The van der Waals surface area contributed by atoms with Crippen molar-refractivity contribution < 1.29 is 9.47 Å². The molecular weight excluding hydrogens is 753 g/mol. The van der Waals surface area contributed by atoms with Crippen molar-refractivity contribution in [2.45, 2.75) is 5.60 Å². The van der Waals surface area contributed by atoms with Crippen molar-refractivity contribution in [2.75, 3.05) is 7.11 Å². The van der Waals surface area contributed by atoms with Gasteiger partial charge in [-0.3, -0.25) is 9.59 Å². The zero-order valence-electron chi connectivity index (χ0n) is 31.2. The topological polar surface area (TPSA) is 52.6 Å². The molecule has 0 unspecified atom stereocenters. The molecule has 2 aromatic heterocycles. The molecule has 0 spiro atoms. The van der Waals surface area contributed by atoms with Gasteiger partial charge in [0.25, 0.3) is 0 Å². The van der Waals surface area contributed by atoms with Crippen LogP contribution in [0, 0.1) is 0 Å². The summed E-state index contributed by atoms with van der Waals surface area (Å²) in [4.78, 5) is 27.1. The Hall–Kier alpha value is -6.86. The molecule has 4 nitrogen and oxygen atoms in total. The molecule has 0 saturated carbocycles. The minimum Gasteiger partial charge on any atom is -0.496 e. The molecule has 0 radical (unpaired) electrons. The van der Waals surface area contributed by atoms with Gasteiger partial charge in [-0.05, 0) is 82.9 Å². The zero-order valence-corrected chi connectivity index (χ0v) is 32.8. The largest absolute Gasteiger partial charge is 0.496 e. The Morgan fingerprint density at radius 1 is 0.466 bits per heavy atom. The van der Waals surface area contributed by atoms with Crippen molar-refractivity contribution in [2.24, 2.45) is 0 Å². The standard InChI is InChI=1S/C52H32O4S2/c1-55-44-30-35-26-27-52(56-51(35)39-9-3-2-8-38(39)44,36-20-14-31(15-21-36)33-18-24-47-42(28-33)49(53)40-10-4-6-12-45(40)57-47)37-22-16-32(17-23-37)34-19-25-48-43(29-34)50(54)41-11-5-7-13-46(41)58-48/h2-30H,1H3. The van der Waals surface area contributed by atoms with Crippen LogP contribution in [-0.4, -0.2) is 7.11 Å². The van der Waals surface area contributed by atoms with E-state index in [1.165, 1.54) is 0 Å². The average molecular weight is 785 g/mol. The lowest BCUT2D eigenvalue weighted by molar-refractivity contribution is 0.163. The van der Waals surface area contributed by atoms with E-state index in [0.717, 1.165) is 102 Å². The van der Waals surface area contributed by atoms with Crippen LogP contribution in [0.1, 0.15) is 16.7 Å². The van der Waals surface area contributed by atoms with Crippen LogP contribution in [0.5, 0.6) is 11.5 Å². The molecule has 0 N–H and O–H groups in total. The Bertz CT molecular complexity index is 3270. The first-order valence-electron chi connectivity index (χ1n) is 19.1. The van der Waals surface area contributed by atoms with Crippen LogP contribution in [0.3, 0.4) is 0 Å². The van der Waals surface area contributed by atoms with Gasteiger partial charge in [-0.25, -0.2) is 0 Å². The molecule has 10 aromatic rings. The summed E-state index contributed by atoms with van der Waals surface area (Å²) in [7, 11) is 1.70. The van der Waals surface area contributed by atoms with Crippen LogP contribution in [0.2, 0.25) is 0 Å². The molecule has 1 aliphatic rings. The maximum atomic E-state index is 13.6. The molecule has 0 saturated heterocycles. The third kappa shape index (κ3) is 5.41. The normalized spacial score (nSPS) is 13.3. The van der Waals surface area contributed by atoms with E-state index >= 15 is 0 Å². The summed E-state index contributed by atoms with van der Waals surface area (Å²) < 4.78 is 17.0. The van der Waals surface area contributed by atoms with Crippen LogP contribution in [0.25, 0.3) is 79.4 Å². The maximum Gasteiger partial charge on any atom is 0.195 e. The van der Waals surface area contributed by atoms with Gasteiger partial charge in [0.15, 0.2) is 16.5 Å². The van der Waals surface area contributed by atoms with Crippen molar-refractivity contribution in [3.8, 4) is 33.8 Å². The Morgan fingerprint density at radius 2 is 0.914 bits per heavy atom. The van der Waals surface area contributed by atoms with Gasteiger partial charge < -0.3 is 9.47 Å². The third-order valence-electron chi connectivity index (χ3n) is 11.4. The van der Waals surface area contributed by atoms with E-state index in [9.17, 15) is 9.59 Å². The zero-order chi connectivity index (χ0) is 39.0. The fourth-order valence-electron chi connectivity index (χ4n) is 8.41. The van der Waals surface area contributed by atoms with Gasteiger partial charge >= 0.3 is 0 Å². The first kappa shape index (κ1) is 34.4. The molecule has 0 aliphatic carbocycles. The lowest BCUT2D eigenvalue weighted by atomic mass is 9.82. The molecule has 0 fully saturated rings. The van der Waals surface area contributed by atoms with E-state index in [-0.39, 0.29) is 10.9 Å². The van der Waals surface area contributed by atoms with E-state index in [4.69, 9.17) is 9.47 Å². The highest BCUT2D eigenvalue weighted by Gasteiger charge is 2.38. The minimum absolute atomic E-state index is 0.0553. The minimum atomic E-state index is -0.972. The van der Waals surface area contributed by atoms with E-state index in [1.807, 2.05) is 78.9 Å². The van der Waals surface area contributed by atoms with Crippen molar-refractivity contribution in [3.05, 3.63) is 207 Å². The molecule has 276 valence electrons. The lowest BCUT2D eigenvalue weighted by Gasteiger charge is -2.37. The Labute approximate surface area is 341 Å². The number of ether oxygens (including phenoxy) is 2. The number of methoxy groups -OCH3 is 1. The van der Waals surface area contributed by atoms with Gasteiger partial charge in [0.1, 0.15) is 11.5 Å². The second-order valence-electron chi connectivity index (χ2n) is 14.6. The molecule has 0 atom stereocenters. The summed E-state index contributed by atoms with van der Waals surface area (Å²) >= 11 is 3.28. The van der Waals surface area contributed by atoms with Crippen LogP contribution >= 0.6 is 22.7 Å². The van der Waals surface area contributed by atoms with Gasteiger partial charge in [-0.1, -0.05) is 115 Å². The maximum absolute atomic E-state index is 13.6. The highest BCUT2D eigenvalue weighted by Crippen LogP contribution is 2.48. The van der Waals surface area contributed by atoms with Gasteiger partial charge in [0, 0.05) is 67.8 Å². The first-order chi connectivity index (χ1) is 28.5. The lowest BCUT2D eigenvalue weighted by Crippen LogP contribution is -2.34. The Balaban J connectivity index is 1.03. The first-order valence-corrected chi connectivity index (χ1v) is 20.7. The quantitative estimate of drug-likeness (QED) is 0.163. The van der Waals surface area contributed by atoms with Crippen molar-refractivity contribution >= 4 is 79.9 Å². The molecule has 6 heteroatoms. The molecule has 8 aromatic carbocycles. The summed E-state index contributed by atoms with van der Waals surface area (Å²) in [6, 6.07) is 55.1. The van der Waals surface area contributed by atoms with Crippen LogP contribution in [0.15, 0.2) is 179 Å². The van der Waals surface area contributed by atoms with Gasteiger partial charge in [-0.15, -0.1) is 22.7 Å². The molecular formula is C52H32O4S2. The number of fused-ring (bicyclic) bond motifs is 7. The summed E-state index contributed by atoms with van der Waals surface area (Å²) in [5.74, 6) is 1.57.